The second kappa shape index (κ2) is 11.3. The molecule has 0 atom stereocenters. The molecule has 7 nitrogen and oxygen atoms in total. The van der Waals surface area contributed by atoms with Gasteiger partial charge in [0.1, 0.15) is 5.00 Å². The van der Waals surface area contributed by atoms with Crippen LogP contribution in [-0.4, -0.2) is 39.5 Å². The van der Waals surface area contributed by atoms with Crippen LogP contribution in [0.5, 0.6) is 0 Å². The fourth-order valence-corrected chi connectivity index (χ4v) is 6.25. The molecule has 0 aliphatic heterocycles. The van der Waals surface area contributed by atoms with Crippen LogP contribution in [-0.2, 0) is 28.9 Å². The lowest BCUT2D eigenvalue weighted by Gasteiger charge is -2.09. The number of esters is 1. The van der Waals surface area contributed by atoms with Crippen molar-refractivity contribution in [3.8, 4) is 11.4 Å². The third-order valence-corrected chi connectivity index (χ3v) is 8.23. The largest absolute Gasteiger partial charge is 0.465 e. The number of nitrogens with zero attached hydrogens (tertiary/aromatic N) is 3. The Bertz CT molecular complexity index is 1200. The van der Waals surface area contributed by atoms with Crippen molar-refractivity contribution in [2.75, 3.05) is 18.2 Å². The van der Waals surface area contributed by atoms with Gasteiger partial charge in [0.25, 0.3) is 0 Å². The number of aromatic nitrogens is 3. The molecule has 0 radical (unpaired) electrons. The summed E-state index contributed by atoms with van der Waals surface area (Å²) in [5, 5.41) is 12.8. The van der Waals surface area contributed by atoms with Crippen molar-refractivity contribution >= 4 is 55.9 Å². The summed E-state index contributed by atoms with van der Waals surface area (Å²) in [6.45, 7) is 4.35. The molecule has 1 aromatic carbocycles. The number of allylic oxidation sites excluding steroid dienone is 1. The lowest BCUT2D eigenvalue weighted by Crippen LogP contribution is -2.16. The Labute approximate surface area is 215 Å². The van der Waals surface area contributed by atoms with Crippen LogP contribution < -0.4 is 5.32 Å². The second-order valence-electron chi connectivity index (χ2n) is 7.81. The van der Waals surface area contributed by atoms with Crippen LogP contribution in [0.1, 0.15) is 40.1 Å². The molecule has 2 heterocycles. The van der Waals surface area contributed by atoms with Crippen molar-refractivity contribution in [3.63, 3.8) is 0 Å². The highest BCUT2D eigenvalue weighted by molar-refractivity contribution is 9.10. The van der Waals surface area contributed by atoms with Gasteiger partial charge in [-0.15, -0.1) is 28.1 Å². The van der Waals surface area contributed by atoms with E-state index >= 15 is 0 Å². The zero-order chi connectivity index (χ0) is 24.1. The number of anilines is 1. The van der Waals surface area contributed by atoms with Gasteiger partial charge in [0, 0.05) is 21.5 Å². The number of ether oxygens (including phenoxy) is 1. The zero-order valence-electron chi connectivity index (χ0n) is 18.8. The molecular weight excluding hydrogens is 536 g/mol. The lowest BCUT2D eigenvalue weighted by atomic mass is 10.1. The SMILES string of the molecule is C=CCn1c(SCC(=O)Nc2sc3c(c2C(=O)OC)CCCCC3)nnc1-c1ccc(Br)cc1. The second-order valence-corrected chi connectivity index (χ2v) is 10.8. The number of amides is 1. The molecule has 0 saturated carbocycles. The van der Waals surface area contributed by atoms with Gasteiger partial charge >= 0.3 is 5.97 Å². The minimum atomic E-state index is -0.396. The van der Waals surface area contributed by atoms with E-state index in [9.17, 15) is 9.59 Å². The number of rotatable bonds is 8. The number of halogens is 1. The Morgan fingerprint density at radius 2 is 2.00 bits per heavy atom. The van der Waals surface area contributed by atoms with Crippen molar-refractivity contribution in [2.24, 2.45) is 0 Å². The molecule has 2 aromatic heterocycles. The monoisotopic (exact) mass is 560 g/mol. The molecule has 1 N–H and O–H groups in total. The molecule has 0 spiro atoms. The van der Waals surface area contributed by atoms with E-state index in [2.05, 4.69) is 38.0 Å². The molecule has 1 aliphatic rings. The van der Waals surface area contributed by atoms with Crippen LogP contribution in [0.15, 0.2) is 46.5 Å². The number of benzene rings is 1. The van der Waals surface area contributed by atoms with Gasteiger partial charge in [0.2, 0.25) is 5.91 Å². The minimum Gasteiger partial charge on any atom is -0.465 e. The van der Waals surface area contributed by atoms with Gasteiger partial charge < -0.3 is 10.1 Å². The Hall–Kier alpha value is -2.43. The summed E-state index contributed by atoms with van der Waals surface area (Å²) >= 11 is 6.24. The fourth-order valence-electron chi connectivity index (χ4n) is 3.94. The average Bonchev–Trinajstić information content (AvgIpc) is 3.30. The summed E-state index contributed by atoms with van der Waals surface area (Å²) in [5.41, 5.74) is 2.47. The Morgan fingerprint density at radius 3 is 2.74 bits per heavy atom. The van der Waals surface area contributed by atoms with Gasteiger partial charge in [-0.05, 0) is 43.4 Å². The first kappa shape index (κ1) is 24.7. The average molecular weight is 562 g/mol. The highest BCUT2D eigenvalue weighted by atomic mass is 79.9. The van der Waals surface area contributed by atoms with Gasteiger partial charge in [0.05, 0.1) is 18.4 Å². The Balaban J connectivity index is 1.50. The number of nitrogens with one attached hydrogen (secondary N) is 1. The van der Waals surface area contributed by atoms with E-state index in [0.29, 0.717) is 28.1 Å². The molecule has 0 fully saturated rings. The quantitative estimate of drug-likeness (QED) is 0.163. The Kier molecular flexibility index (Phi) is 8.23. The van der Waals surface area contributed by atoms with Crippen LogP contribution >= 0.6 is 39.0 Å². The number of thioether (sulfide) groups is 1. The van der Waals surface area contributed by atoms with Gasteiger partial charge in [-0.2, -0.15) is 0 Å². The van der Waals surface area contributed by atoms with Gasteiger partial charge in [-0.1, -0.05) is 52.3 Å². The standard InChI is InChI=1S/C24H25BrN4O3S2/c1-3-13-29-21(15-9-11-16(25)12-10-15)27-28-24(29)33-14-19(30)26-22-20(23(31)32-2)17-7-5-4-6-8-18(17)34-22/h3,9-12H,1,4-8,13-14H2,2H3,(H,26,30). The van der Waals surface area contributed by atoms with E-state index in [1.54, 1.807) is 6.08 Å². The molecule has 0 saturated heterocycles. The third kappa shape index (κ3) is 5.45. The van der Waals surface area contributed by atoms with Crippen LogP contribution in [0.4, 0.5) is 5.00 Å². The predicted molar refractivity (Wildman–Crippen MR) is 140 cm³/mol. The molecule has 34 heavy (non-hydrogen) atoms. The number of aryl methyl sites for hydroxylation is 1. The number of thiophene rings is 1. The lowest BCUT2D eigenvalue weighted by molar-refractivity contribution is -0.113. The van der Waals surface area contributed by atoms with Gasteiger partial charge in [-0.3, -0.25) is 9.36 Å². The van der Waals surface area contributed by atoms with E-state index in [-0.39, 0.29) is 11.7 Å². The smallest absolute Gasteiger partial charge is 0.341 e. The summed E-state index contributed by atoms with van der Waals surface area (Å²) in [5.74, 6) is 0.251. The summed E-state index contributed by atoms with van der Waals surface area (Å²) in [7, 11) is 1.37. The first-order chi connectivity index (χ1) is 16.5. The summed E-state index contributed by atoms with van der Waals surface area (Å²) < 4.78 is 7.94. The van der Waals surface area contributed by atoms with Crippen LogP contribution in [0.3, 0.4) is 0 Å². The molecule has 3 aromatic rings. The van der Waals surface area contributed by atoms with Crippen molar-refractivity contribution in [2.45, 2.75) is 43.8 Å². The van der Waals surface area contributed by atoms with Crippen LogP contribution in [0.25, 0.3) is 11.4 Å². The highest BCUT2D eigenvalue weighted by Gasteiger charge is 2.26. The van der Waals surface area contributed by atoms with Gasteiger partial charge in [-0.25, -0.2) is 4.79 Å². The molecule has 178 valence electrons. The van der Waals surface area contributed by atoms with Crippen molar-refractivity contribution < 1.29 is 14.3 Å². The topological polar surface area (TPSA) is 86.1 Å². The minimum absolute atomic E-state index is 0.138. The molecule has 10 heteroatoms. The molecule has 0 bridgehead atoms. The number of carbonyl (C=O) groups is 2. The highest BCUT2D eigenvalue weighted by Crippen LogP contribution is 2.38. The normalized spacial score (nSPS) is 13.1. The number of hydrogen-bond donors (Lipinski definition) is 1. The zero-order valence-corrected chi connectivity index (χ0v) is 22.0. The van der Waals surface area contributed by atoms with Gasteiger partial charge in [0.15, 0.2) is 11.0 Å². The number of carbonyl (C=O) groups excluding carboxylic acids is 2. The van der Waals surface area contributed by atoms with Crippen molar-refractivity contribution in [1.82, 2.24) is 14.8 Å². The Morgan fingerprint density at radius 1 is 1.24 bits per heavy atom. The third-order valence-electron chi connectivity index (χ3n) is 5.53. The van der Waals surface area contributed by atoms with E-state index in [1.807, 2.05) is 28.8 Å². The van der Waals surface area contributed by atoms with Crippen molar-refractivity contribution in [3.05, 3.63) is 57.4 Å². The molecule has 1 amide bonds. The first-order valence-corrected chi connectivity index (χ1v) is 13.6. The van der Waals surface area contributed by atoms with Crippen LogP contribution in [0.2, 0.25) is 0 Å². The molecule has 0 unspecified atom stereocenters. The molecule has 4 rings (SSSR count). The van der Waals surface area contributed by atoms with E-state index < -0.39 is 5.97 Å². The summed E-state index contributed by atoms with van der Waals surface area (Å²) in [4.78, 5) is 26.5. The maximum absolute atomic E-state index is 12.9. The van der Waals surface area contributed by atoms with E-state index in [1.165, 1.54) is 35.1 Å². The van der Waals surface area contributed by atoms with E-state index in [0.717, 1.165) is 47.7 Å². The predicted octanol–water partition coefficient (Wildman–Crippen LogP) is 5.74. The number of fused-ring (bicyclic) bond motifs is 1. The summed E-state index contributed by atoms with van der Waals surface area (Å²) in [6.07, 6.45) is 6.82. The molecular formula is C24H25BrN4O3S2. The number of hydrogen-bond acceptors (Lipinski definition) is 7. The first-order valence-electron chi connectivity index (χ1n) is 11.0. The number of methoxy groups -OCH3 is 1. The van der Waals surface area contributed by atoms with Crippen molar-refractivity contribution in [1.29, 1.82) is 0 Å². The van der Waals surface area contributed by atoms with E-state index in [4.69, 9.17) is 4.74 Å². The van der Waals surface area contributed by atoms with Crippen LogP contribution in [0, 0.1) is 0 Å². The molecule has 1 aliphatic carbocycles. The maximum Gasteiger partial charge on any atom is 0.341 e. The fraction of sp³-hybridized carbons (Fsp3) is 0.333. The summed E-state index contributed by atoms with van der Waals surface area (Å²) in [6, 6.07) is 7.82. The maximum atomic E-state index is 12.9.